The quantitative estimate of drug-likeness (QED) is 0.0703. The standard InChI is InChI=1S/C35H31F2N5O3S/c1-22(45-23(2)43)33-40-39-32(42(33)19-25-8-14-28(15-9-25)27-12-6-24(18-36)7-13-27)20-41-31-5-3-4-30(31)34(44)38-35(41)46-21-26-10-16-29(37)17-11-26/h6-17H,1,3-5,18-21H2,2H3. The Kier molecular flexibility index (Phi) is 9.20. The minimum absolute atomic E-state index is 0.0741. The Hall–Kier alpha value is -4.90. The van der Waals surface area contributed by atoms with Crippen LogP contribution in [0, 0.1) is 5.82 Å². The SMILES string of the molecule is C=C(OC(C)=O)c1nnc(Cn2c(SCc3ccc(F)cc3)nc(=O)c3c2CCC3)n1Cc1ccc(-c2ccc(CF)cc2)cc1. The van der Waals surface area contributed by atoms with Gasteiger partial charge < -0.3 is 13.9 Å². The van der Waals surface area contributed by atoms with Gasteiger partial charge in [-0.15, -0.1) is 10.2 Å². The molecule has 2 aromatic heterocycles. The number of nitrogens with zero attached hydrogens (tertiary/aromatic N) is 5. The number of rotatable bonds is 11. The summed E-state index contributed by atoms with van der Waals surface area (Å²) < 4.78 is 35.6. The molecule has 1 aliphatic rings. The van der Waals surface area contributed by atoms with Gasteiger partial charge in [0.05, 0.1) is 13.1 Å². The lowest BCUT2D eigenvalue weighted by Gasteiger charge is -2.18. The lowest BCUT2D eigenvalue weighted by atomic mass is 10.0. The Bertz CT molecular complexity index is 1950. The Balaban J connectivity index is 1.34. The average molecular weight is 640 g/mol. The van der Waals surface area contributed by atoms with Crippen LogP contribution in [0.4, 0.5) is 8.78 Å². The van der Waals surface area contributed by atoms with E-state index in [0.717, 1.165) is 40.8 Å². The number of alkyl halides is 1. The highest BCUT2D eigenvalue weighted by atomic mass is 32.2. The summed E-state index contributed by atoms with van der Waals surface area (Å²) in [5.41, 5.74) is 5.82. The summed E-state index contributed by atoms with van der Waals surface area (Å²) >= 11 is 1.40. The molecule has 0 N–H and O–H groups in total. The van der Waals surface area contributed by atoms with Gasteiger partial charge in [0, 0.05) is 23.9 Å². The molecular weight excluding hydrogens is 608 g/mol. The molecule has 0 spiro atoms. The van der Waals surface area contributed by atoms with Crippen LogP contribution in [0.3, 0.4) is 0 Å². The van der Waals surface area contributed by atoms with Crippen LogP contribution >= 0.6 is 11.8 Å². The monoisotopic (exact) mass is 639 g/mol. The molecule has 0 atom stereocenters. The summed E-state index contributed by atoms with van der Waals surface area (Å²) in [7, 11) is 0. The van der Waals surface area contributed by atoms with Gasteiger partial charge in [-0.3, -0.25) is 9.59 Å². The number of aromatic nitrogens is 5. The van der Waals surface area contributed by atoms with Gasteiger partial charge in [-0.25, -0.2) is 8.78 Å². The van der Waals surface area contributed by atoms with Crippen LogP contribution in [0.25, 0.3) is 16.9 Å². The van der Waals surface area contributed by atoms with Gasteiger partial charge in [0.25, 0.3) is 5.56 Å². The molecule has 1 aliphatic carbocycles. The maximum atomic E-state index is 13.5. The van der Waals surface area contributed by atoms with Crippen molar-refractivity contribution < 1.29 is 18.3 Å². The van der Waals surface area contributed by atoms with Crippen molar-refractivity contribution in [3.63, 3.8) is 0 Å². The number of halogens is 2. The highest BCUT2D eigenvalue weighted by Gasteiger charge is 2.25. The Labute approximate surface area is 268 Å². The van der Waals surface area contributed by atoms with Crippen LogP contribution in [0.15, 0.2) is 89.3 Å². The molecule has 46 heavy (non-hydrogen) atoms. The van der Waals surface area contributed by atoms with Crippen molar-refractivity contribution in [3.8, 4) is 11.1 Å². The Morgan fingerprint density at radius 2 is 1.54 bits per heavy atom. The van der Waals surface area contributed by atoms with Crippen molar-refractivity contribution in [1.29, 1.82) is 0 Å². The molecule has 5 aromatic rings. The van der Waals surface area contributed by atoms with Crippen LogP contribution in [0.5, 0.6) is 0 Å². The predicted octanol–water partition coefficient (Wildman–Crippen LogP) is 6.52. The Morgan fingerprint density at radius 1 is 0.891 bits per heavy atom. The molecule has 0 saturated carbocycles. The topological polar surface area (TPSA) is 91.9 Å². The Morgan fingerprint density at radius 3 is 2.20 bits per heavy atom. The maximum Gasteiger partial charge on any atom is 0.308 e. The fraction of sp³-hybridized carbons (Fsp3) is 0.229. The molecule has 0 amide bonds. The molecule has 0 saturated heterocycles. The van der Waals surface area contributed by atoms with Crippen LogP contribution in [-0.2, 0) is 47.9 Å². The number of ether oxygens (including phenoxy) is 1. The van der Waals surface area contributed by atoms with Gasteiger partial charge in [0.2, 0.25) is 0 Å². The van der Waals surface area contributed by atoms with Gasteiger partial charge in [0.15, 0.2) is 22.6 Å². The van der Waals surface area contributed by atoms with E-state index in [2.05, 4.69) is 21.8 Å². The van der Waals surface area contributed by atoms with Crippen molar-refractivity contribution in [2.24, 2.45) is 0 Å². The molecule has 6 rings (SSSR count). The van der Waals surface area contributed by atoms with E-state index in [4.69, 9.17) is 4.74 Å². The average Bonchev–Trinajstić information content (AvgIpc) is 3.71. The molecule has 3 aromatic carbocycles. The fourth-order valence-electron chi connectivity index (χ4n) is 5.54. The summed E-state index contributed by atoms with van der Waals surface area (Å²) in [6.07, 6.45) is 2.24. The summed E-state index contributed by atoms with van der Waals surface area (Å²) in [4.78, 5) is 29.2. The third-order valence-electron chi connectivity index (χ3n) is 7.86. The molecule has 0 radical (unpaired) electrons. The zero-order chi connectivity index (χ0) is 32.2. The van der Waals surface area contributed by atoms with Crippen LogP contribution in [0.2, 0.25) is 0 Å². The minimum Gasteiger partial charge on any atom is -0.423 e. The van der Waals surface area contributed by atoms with E-state index in [1.54, 1.807) is 24.3 Å². The number of carbonyl (C=O) groups excluding carboxylic acids is 1. The fourth-order valence-corrected chi connectivity index (χ4v) is 6.51. The molecule has 2 heterocycles. The highest BCUT2D eigenvalue weighted by molar-refractivity contribution is 7.98. The molecule has 0 bridgehead atoms. The molecule has 234 valence electrons. The van der Waals surface area contributed by atoms with E-state index in [-0.39, 0.29) is 23.7 Å². The molecule has 8 nitrogen and oxygen atoms in total. The smallest absolute Gasteiger partial charge is 0.308 e. The third kappa shape index (κ3) is 6.84. The largest absolute Gasteiger partial charge is 0.423 e. The summed E-state index contributed by atoms with van der Waals surface area (Å²) in [5, 5.41) is 9.38. The van der Waals surface area contributed by atoms with Crippen molar-refractivity contribution >= 4 is 23.5 Å². The number of carbonyl (C=O) groups is 1. The number of hydrogen-bond acceptors (Lipinski definition) is 7. The van der Waals surface area contributed by atoms with Crippen molar-refractivity contribution in [1.82, 2.24) is 24.3 Å². The summed E-state index contributed by atoms with van der Waals surface area (Å²) in [6.45, 7) is 5.34. The molecule has 0 aliphatic heterocycles. The highest BCUT2D eigenvalue weighted by Crippen LogP contribution is 2.28. The van der Waals surface area contributed by atoms with Crippen molar-refractivity contribution in [2.45, 2.75) is 56.9 Å². The number of esters is 1. The van der Waals surface area contributed by atoms with Crippen molar-refractivity contribution in [2.75, 3.05) is 0 Å². The van der Waals surface area contributed by atoms with Crippen molar-refractivity contribution in [3.05, 3.63) is 135 Å². The van der Waals surface area contributed by atoms with Crippen LogP contribution < -0.4 is 5.56 Å². The van der Waals surface area contributed by atoms with Gasteiger partial charge in [0.1, 0.15) is 12.5 Å². The first-order valence-electron chi connectivity index (χ1n) is 14.8. The van der Waals surface area contributed by atoms with E-state index in [1.165, 1.54) is 30.8 Å². The van der Waals surface area contributed by atoms with E-state index in [9.17, 15) is 18.4 Å². The maximum absolute atomic E-state index is 13.5. The summed E-state index contributed by atoms with van der Waals surface area (Å²) in [6, 6.07) is 21.5. The van der Waals surface area contributed by atoms with E-state index in [0.29, 0.717) is 46.7 Å². The summed E-state index contributed by atoms with van der Waals surface area (Å²) in [5.74, 6) is 0.611. The second kappa shape index (κ2) is 13.6. The third-order valence-corrected chi connectivity index (χ3v) is 8.91. The number of fused-ring (bicyclic) bond motifs is 1. The lowest BCUT2D eigenvalue weighted by molar-refractivity contribution is -0.134. The molecule has 11 heteroatoms. The second-order valence-electron chi connectivity index (χ2n) is 11.0. The van der Waals surface area contributed by atoms with Gasteiger partial charge >= 0.3 is 5.97 Å². The minimum atomic E-state index is -0.522. The normalized spacial score (nSPS) is 12.2. The number of hydrogen-bond donors (Lipinski definition) is 0. The van der Waals surface area contributed by atoms with E-state index >= 15 is 0 Å². The van der Waals surface area contributed by atoms with E-state index < -0.39 is 12.6 Å². The van der Waals surface area contributed by atoms with Crippen LogP contribution in [-0.4, -0.2) is 30.3 Å². The first kappa shape index (κ1) is 31.1. The second-order valence-corrected chi connectivity index (χ2v) is 12.0. The van der Waals surface area contributed by atoms with Gasteiger partial charge in [-0.2, -0.15) is 4.98 Å². The lowest BCUT2D eigenvalue weighted by Crippen LogP contribution is -2.23. The first-order valence-corrected chi connectivity index (χ1v) is 15.8. The van der Waals surface area contributed by atoms with Crippen LogP contribution in [0.1, 0.15) is 52.9 Å². The van der Waals surface area contributed by atoms with Gasteiger partial charge in [-0.1, -0.05) is 79.0 Å². The van der Waals surface area contributed by atoms with E-state index in [1.807, 2.05) is 45.5 Å². The molecular formula is C35H31F2N5O3S. The first-order chi connectivity index (χ1) is 22.3. The zero-order valence-electron chi connectivity index (χ0n) is 25.2. The predicted molar refractivity (Wildman–Crippen MR) is 172 cm³/mol. The zero-order valence-corrected chi connectivity index (χ0v) is 26.0. The van der Waals surface area contributed by atoms with Gasteiger partial charge in [-0.05, 0) is 59.2 Å². The number of thioether (sulfide) groups is 1. The number of benzene rings is 3. The molecule has 0 unspecified atom stereocenters. The molecule has 0 fully saturated rings.